The summed E-state index contributed by atoms with van der Waals surface area (Å²) in [5, 5.41) is 0. The Hall–Kier alpha value is -1.12. The number of sulfone groups is 1. The number of benzene rings is 1. The largest absolute Gasteiger partial charge is 0.399 e. The first-order valence-electron chi connectivity index (χ1n) is 6.10. The first-order chi connectivity index (χ1) is 9.08. The summed E-state index contributed by atoms with van der Waals surface area (Å²) in [6.45, 7) is 1.76. The number of nitrogens with zero attached hydrogens (tertiary/aromatic N) is 1. The average Bonchev–Trinajstić information content (AvgIpc) is 2.34. The van der Waals surface area contributed by atoms with Crippen molar-refractivity contribution in [2.24, 2.45) is 0 Å². The fourth-order valence-electron chi connectivity index (χ4n) is 1.69. The van der Waals surface area contributed by atoms with Crippen LogP contribution in [0, 0.1) is 0 Å². The number of anilines is 1. The van der Waals surface area contributed by atoms with E-state index < -0.39 is 19.9 Å². The van der Waals surface area contributed by atoms with Gasteiger partial charge in [-0.25, -0.2) is 16.8 Å². The normalized spacial score (nSPS) is 12.8. The summed E-state index contributed by atoms with van der Waals surface area (Å²) in [4.78, 5) is 0.135. The van der Waals surface area contributed by atoms with Gasteiger partial charge in [0.25, 0.3) is 0 Å². The van der Waals surface area contributed by atoms with E-state index in [9.17, 15) is 16.8 Å². The predicted octanol–water partition coefficient (Wildman–Crippen LogP) is 0.496. The molecule has 0 atom stereocenters. The highest BCUT2D eigenvalue weighted by atomic mass is 32.2. The van der Waals surface area contributed by atoms with Crippen LogP contribution in [-0.2, 0) is 26.3 Å². The van der Waals surface area contributed by atoms with Crippen LogP contribution in [0.3, 0.4) is 0 Å². The van der Waals surface area contributed by atoms with Crippen LogP contribution < -0.4 is 5.73 Å². The molecule has 0 aliphatic heterocycles. The number of sulfonamides is 1. The van der Waals surface area contributed by atoms with Crippen molar-refractivity contribution in [2.45, 2.75) is 18.2 Å². The molecule has 114 valence electrons. The zero-order chi connectivity index (χ0) is 15.6. The molecule has 6 nitrogen and oxygen atoms in total. The van der Waals surface area contributed by atoms with E-state index in [2.05, 4.69) is 0 Å². The second-order valence-electron chi connectivity index (χ2n) is 4.68. The lowest BCUT2D eigenvalue weighted by Gasteiger charge is -2.19. The fourth-order valence-corrected chi connectivity index (χ4v) is 3.90. The predicted molar refractivity (Wildman–Crippen MR) is 79.8 cm³/mol. The molecule has 1 rings (SSSR count). The molecule has 0 fully saturated rings. The Morgan fingerprint density at radius 2 is 1.80 bits per heavy atom. The summed E-state index contributed by atoms with van der Waals surface area (Å²) in [5.41, 5.74) is 6.66. The van der Waals surface area contributed by atoms with Crippen molar-refractivity contribution < 1.29 is 16.8 Å². The Labute approximate surface area is 120 Å². The Morgan fingerprint density at radius 1 is 1.20 bits per heavy atom. The lowest BCUT2D eigenvalue weighted by atomic mass is 10.1. The van der Waals surface area contributed by atoms with Gasteiger partial charge in [0.05, 0.1) is 10.6 Å². The first kappa shape index (κ1) is 16.9. The van der Waals surface area contributed by atoms with Crippen molar-refractivity contribution >= 4 is 25.5 Å². The van der Waals surface area contributed by atoms with E-state index in [-0.39, 0.29) is 17.2 Å². The van der Waals surface area contributed by atoms with E-state index in [1.54, 1.807) is 12.1 Å². The van der Waals surface area contributed by atoms with Crippen molar-refractivity contribution in [3.63, 3.8) is 0 Å². The van der Waals surface area contributed by atoms with Crippen LogP contribution >= 0.6 is 0 Å². The first-order valence-corrected chi connectivity index (χ1v) is 9.60. The minimum atomic E-state index is -3.74. The molecule has 1 aromatic carbocycles. The van der Waals surface area contributed by atoms with Crippen molar-refractivity contribution in [1.29, 1.82) is 0 Å². The van der Waals surface area contributed by atoms with Gasteiger partial charge in [0, 0.05) is 25.5 Å². The van der Waals surface area contributed by atoms with Crippen LogP contribution in [0.25, 0.3) is 0 Å². The van der Waals surface area contributed by atoms with Crippen molar-refractivity contribution in [3.05, 3.63) is 23.8 Å². The van der Waals surface area contributed by atoms with Crippen molar-refractivity contribution in [3.8, 4) is 0 Å². The van der Waals surface area contributed by atoms with Crippen LogP contribution in [0.4, 0.5) is 5.69 Å². The Bertz CT molecular complexity index is 681. The monoisotopic (exact) mass is 320 g/mol. The zero-order valence-corrected chi connectivity index (χ0v) is 13.5. The molecule has 0 spiro atoms. The number of rotatable bonds is 6. The second kappa shape index (κ2) is 6.11. The van der Waals surface area contributed by atoms with Crippen LogP contribution in [0.2, 0.25) is 0 Å². The van der Waals surface area contributed by atoms with Crippen LogP contribution in [0.5, 0.6) is 0 Å². The molecule has 0 aliphatic rings. The molecule has 2 N–H and O–H groups in total. The summed E-state index contributed by atoms with van der Waals surface area (Å²) in [6, 6.07) is 4.73. The molecule has 0 unspecified atom stereocenters. The highest BCUT2D eigenvalue weighted by Gasteiger charge is 2.24. The second-order valence-corrected chi connectivity index (χ2v) is 8.95. The number of aryl methyl sites for hydroxylation is 1. The maximum absolute atomic E-state index is 12.5. The number of hydrogen-bond acceptors (Lipinski definition) is 5. The molecule has 0 aromatic heterocycles. The fraction of sp³-hybridized carbons (Fsp3) is 0.500. The molecule has 0 heterocycles. The maximum atomic E-state index is 12.5. The van der Waals surface area contributed by atoms with Crippen LogP contribution in [0.15, 0.2) is 23.1 Å². The van der Waals surface area contributed by atoms with Gasteiger partial charge in [-0.3, -0.25) is 0 Å². The quantitative estimate of drug-likeness (QED) is 0.770. The molecule has 0 amide bonds. The van der Waals surface area contributed by atoms with E-state index in [1.165, 1.54) is 13.1 Å². The van der Waals surface area contributed by atoms with Gasteiger partial charge < -0.3 is 5.73 Å². The number of hydrogen-bond donors (Lipinski definition) is 1. The molecular weight excluding hydrogens is 300 g/mol. The third kappa shape index (κ3) is 4.19. The minimum Gasteiger partial charge on any atom is -0.399 e. The lowest BCUT2D eigenvalue weighted by Crippen LogP contribution is -2.32. The Morgan fingerprint density at radius 3 is 2.30 bits per heavy atom. The van der Waals surface area contributed by atoms with E-state index in [0.717, 1.165) is 10.6 Å². The van der Waals surface area contributed by atoms with Gasteiger partial charge in [0.2, 0.25) is 10.0 Å². The lowest BCUT2D eigenvalue weighted by molar-refractivity contribution is 0.484. The summed E-state index contributed by atoms with van der Waals surface area (Å²) in [7, 11) is -5.59. The summed E-state index contributed by atoms with van der Waals surface area (Å²) >= 11 is 0. The molecule has 0 saturated carbocycles. The van der Waals surface area contributed by atoms with Crippen molar-refractivity contribution in [1.82, 2.24) is 4.31 Å². The van der Waals surface area contributed by atoms with Gasteiger partial charge in [0.1, 0.15) is 9.84 Å². The topological polar surface area (TPSA) is 97.5 Å². The summed E-state index contributed by atoms with van der Waals surface area (Å²) < 4.78 is 48.2. The molecule has 0 bridgehead atoms. The average molecular weight is 320 g/mol. The van der Waals surface area contributed by atoms with Crippen LogP contribution in [0.1, 0.15) is 12.5 Å². The van der Waals surface area contributed by atoms with Crippen LogP contribution in [-0.4, -0.2) is 46.7 Å². The Balaban J connectivity index is 3.13. The van der Waals surface area contributed by atoms with Gasteiger partial charge in [-0.1, -0.05) is 13.0 Å². The highest BCUT2D eigenvalue weighted by molar-refractivity contribution is 7.91. The molecule has 0 radical (unpaired) electrons. The maximum Gasteiger partial charge on any atom is 0.243 e. The summed E-state index contributed by atoms with van der Waals surface area (Å²) in [5.74, 6) is -0.216. The van der Waals surface area contributed by atoms with Gasteiger partial charge in [-0.15, -0.1) is 0 Å². The zero-order valence-electron chi connectivity index (χ0n) is 11.8. The van der Waals surface area contributed by atoms with Crippen molar-refractivity contribution in [2.75, 3.05) is 31.3 Å². The van der Waals surface area contributed by atoms with E-state index in [4.69, 9.17) is 5.73 Å². The van der Waals surface area contributed by atoms with E-state index >= 15 is 0 Å². The molecular formula is C12H20N2O4S2. The Kier molecular flexibility index (Phi) is 5.17. The van der Waals surface area contributed by atoms with E-state index in [1.807, 2.05) is 6.92 Å². The third-order valence-corrected chi connectivity index (χ3v) is 5.80. The molecule has 0 aliphatic carbocycles. The number of nitrogens with two attached hydrogens (primary N) is 1. The minimum absolute atomic E-state index is 0.0842. The molecule has 0 saturated heterocycles. The molecule has 20 heavy (non-hydrogen) atoms. The smallest absolute Gasteiger partial charge is 0.243 e. The van der Waals surface area contributed by atoms with Gasteiger partial charge in [-0.2, -0.15) is 4.31 Å². The number of nitrogen functional groups attached to an aromatic ring is 1. The standard InChI is InChI=1S/C12H20N2O4S2/c1-4-10-5-6-11(13)9-12(10)20(17,18)14(2)7-8-19(3,15)16/h5-6,9H,4,7-8,13H2,1-3H3. The molecule has 8 heteroatoms. The SMILES string of the molecule is CCc1ccc(N)cc1S(=O)(=O)N(C)CCS(C)(=O)=O. The van der Waals surface area contributed by atoms with E-state index in [0.29, 0.717) is 17.7 Å². The summed E-state index contributed by atoms with van der Waals surface area (Å²) in [6.07, 6.45) is 1.63. The van der Waals surface area contributed by atoms with Gasteiger partial charge in [-0.05, 0) is 24.1 Å². The van der Waals surface area contributed by atoms with Gasteiger partial charge >= 0.3 is 0 Å². The van der Waals surface area contributed by atoms with Gasteiger partial charge in [0.15, 0.2) is 0 Å². The molecule has 1 aromatic rings. The third-order valence-electron chi connectivity index (χ3n) is 2.94. The highest BCUT2D eigenvalue weighted by Crippen LogP contribution is 2.22.